The minimum Gasteiger partial charge on any atom is -0.456 e. The normalized spacial score (nSPS) is 15.4. The number of esters is 1. The minimum absolute atomic E-state index is 0.189. The minimum atomic E-state index is -0.685. The molecule has 1 atom stereocenters. The lowest BCUT2D eigenvalue weighted by molar-refractivity contribution is -0.147. The predicted molar refractivity (Wildman–Crippen MR) is 105 cm³/mol. The van der Waals surface area contributed by atoms with Crippen molar-refractivity contribution in [2.75, 3.05) is 17.2 Å². The second-order valence-corrected chi connectivity index (χ2v) is 7.79. The predicted octanol–water partition coefficient (Wildman–Crippen LogP) is 3.77. The highest BCUT2D eigenvalue weighted by molar-refractivity contribution is 8.01. The number of fused-ring (bicyclic) bond motifs is 1. The first-order chi connectivity index (χ1) is 13.3. The molecule has 0 saturated heterocycles. The van der Waals surface area contributed by atoms with E-state index in [1.165, 1.54) is 23.9 Å². The summed E-state index contributed by atoms with van der Waals surface area (Å²) in [6.45, 7) is 1.08. The SMILES string of the molecule is Cc1ccc(NC(=O)COC(=O)CC2Sc3ccc(Cl)cc3NC2=O)cc1F. The van der Waals surface area contributed by atoms with E-state index in [2.05, 4.69) is 10.6 Å². The average molecular weight is 423 g/mol. The summed E-state index contributed by atoms with van der Waals surface area (Å²) in [6.07, 6.45) is -0.189. The summed E-state index contributed by atoms with van der Waals surface area (Å²) < 4.78 is 18.4. The van der Waals surface area contributed by atoms with Crippen molar-refractivity contribution in [1.29, 1.82) is 0 Å². The van der Waals surface area contributed by atoms with Crippen LogP contribution in [0.1, 0.15) is 12.0 Å². The zero-order valence-corrected chi connectivity index (χ0v) is 16.3. The Labute approximate surface area is 169 Å². The van der Waals surface area contributed by atoms with Crippen LogP contribution in [-0.2, 0) is 19.1 Å². The summed E-state index contributed by atoms with van der Waals surface area (Å²) in [6, 6.07) is 9.34. The van der Waals surface area contributed by atoms with Gasteiger partial charge in [0.2, 0.25) is 5.91 Å². The first-order valence-electron chi connectivity index (χ1n) is 8.30. The molecule has 1 unspecified atom stereocenters. The zero-order valence-electron chi connectivity index (χ0n) is 14.8. The molecule has 0 spiro atoms. The summed E-state index contributed by atoms with van der Waals surface area (Å²) in [5.74, 6) is -2.07. The van der Waals surface area contributed by atoms with Gasteiger partial charge in [0.05, 0.1) is 17.4 Å². The van der Waals surface area contributed by atoms with Gasteiger partial charge in [0.15, 0.2) is 6.61 Å². The smallest absolute Gasteiger partial charge is 0.307 e. The van der Waals surface area contributed by atoms with Crippen molar-refractivity contribution in [1.82, 2.24) is 0 Å². The number of anilines is 2. The van der Waals surface area contributed by atoms with Gasteiger partial charge in [0.25, 0.3) is 5.91 Å². The van der Waals surface area contributed by atoms with E-state index in [4.69, 9.17) is 16.3 Å². The third kappa shape index (κ3) is 5.02. The number of nitrogens with one attached hydrogen (secondary N) is 2. The maximum absolute atomic E-state index is 13.5. The van der Waals surface area contributed by atoms with Gasteiger partial charge in [-0.2, -0.15) is 0 Å². The summed E-state index contributed by atoms with van der Waals surface area (Å²) in [5, 5.41) is 4.97. The van der Waals surface area contributed by atoms with E-state index in [1.54, 1.807) is 31.2 Å². The summed E-state index contributed by atoms with van der Waals surface area (Å²) in [4.78, 5) is 36.8. The van der Waals surface area contributed by atoms with Crippen LogP contribution in [0, 0.1) is 12.7 Å². The molecular formula is C19H16ClFN2O4S. The van der Waals surface area contributed by atoms with Gasteiger partial charge in [-0.25, -0.2) is 4.39 Å². The average Bonchev–Trinajstić information content (AvgIpc) is 2.64. The molecule has 28 heavy (non-hydrogen) atoms. The third-order valence-corrected chi connectivity index (χ3v) is 5.44. The first kappa shape index (κ1) is 20.2. The second kappa shape index (κ2) is 8.62. The van der Waals surface area contributed by atoms with Crippen molar-refractivity contribution < 1.29 is 23.5 Å². The van der Waals surface area contributed by atoms with Crippen molar-refractivity contribution in [3.63, 3.8) is 0 Å². The standard InChI is InChI=1S/C19H16ClFN2O4S/c1-10-2-4-12(7-13(10)21)22-17(24)9-27-18(25)8-16-19(26)23-14-6-11(20)3-5-15(14)28-16/h2-7,16H,8-9H2,1H3,(H,22,24)(H,23,26). The highest BCUT2D eigenvalue weighted by Crippen LogP contribution is 2.38. The number of benzene rings is 2. The van der Waals surface area contributed by atoms with Gasteiger partial charge in [-0.05, 0) is 42.8 Å². The zero-order chi connectivity index (χ0) is 20.3. The number of hydrogen-bond donors (Lipinski definition) is 2. The van der Waals surface area contributed by atoms with Crippen LogP contribution in [-0.4, -0.2) is 29.6 Å². The molecule has 0 saturated carbocycles. The van der Waals surface area contributed by atoms with Gasteiger partial charge in [-0.15, -0.1) is 11.8 Å². The Kier molecular flexibility index (Phi) is 6.21. The fraction of sp³-hybridized carbons (Fsp3) is 0.211. The Bertz CT molecular complexity index is 954. The largest absolute Gasteiger partial charge is 0.456 e. The molecule has 6 nitrogen and oxygen atoms in total. The van der Waals surface area contributed by atoms with Gasteiger partial charge in [-0.1, -0.05) is 17.7 Å². The van der Waals surface area contributed by atoms with Gasteiger partial charge < -0.3 is 15.4 Å². The fourth-order valence-corrected chi connectivity index (χ4v) is 3.73. The number of aryl methyl sites for hydroxylation is 1. The van der Waals surface area contributed by atoms with E-state index in [0.717, 1.165) is 4.90 Å². The van der Waals surface area contributed by atoms with Gasteiger partial charge in [0, 0.05) is 15.6 Å². The van der Waals surface area contributed by atoms with Crippen molar-refractivity contribution in [2.45, 2.75) is 23.5 Å². The van der Waals surface area contributed by atoms with Gasteiger partial charge in [0.1, 0.15) is 5.82 Å². The number of thioether (sulfide) groups is 1. The lowest BCUT2D eigenvalue weighted by Gasteiger charge is -2.23. The highest BCUT2D eigenvalue weighted by Gasteiger charge is 2.29. The quantitative estimate of drug-likeness (QED) is 0.716. The highest BCUT2D eigenvalue weighted by atomic mass is 35.5. The maximum Gasteiger partial charge on any atom is 0.307 e. The number of amides is 2. The fourth-order valence-electron chi connectivity index (χ4n) is 2.48. The van der Waals surface area contributed by atoms with Crippen LogP contribution >= 0.6 is 23.4 Å². The lowest BCUT2D eigenvalue weighted by atomic mass is 10.2. The maximum atomic E-state index is 13.5. The topological polar surface area (TPSA) is 84.5 Å². The van der Waals surface area contributed by atoms with Crippen LogP contribution in [0.2, 0.25) is 5.02 Å². The molecule has 0 fully saturated rings. The van der Waals surface area contributed by atoms with Gasteiger partial charge in [-0.3, -0.25) is 14.4 Å². The van der Waals surface area contributed by atoms with Gasteiger partial charge >= 0.3 is 5.97 Å². The van der Waals surface area contributed by atoms with Crippen LogP contribution in [0.15, 0.2) is 41.3 Å². The molecule has 146 valence electrons. The van der Waals surface area contributed by atoms with E-state index in [-0.39, 0.29) is 18.0 Å². The Balaban J connectivity index is 1.50. The molecule has 3 rings (SSSR count). The van der Waals surface area contributed by atoms with E-state index >= 15 is 0 Å². The molecule has 0 bridgehead atoms. The third-order valence-electron chi connectivity index (χ3n) is 3.93. The summed E-state index contributed by atoms with van der Waals surface area (Å²) in [7, 11) is 0. The molecule has 1 aliphatic rings. The Morgan fingerprint density at radius 1 is 1.29 bits per heavy atom. The number of carbonyl (C=O) groups excluding carboxylic acids is 3. The number of hydrogen-bond acceptors (Lipinski definition) is 5. The van der Waals surface area contributed by atoms with E-state index in [1.807, 2.05) is 0 Å². The van der Waals surface area contributed by atoms with E-state index < -0.39 is 29.6 Å². The Hall–Kier alpha value is -2.58. The Morgan fingerprint density at radius 2 is 2.07 bits per heavy atom. The Morgan fingerprint density at radius 3 is 2.82 bits per heavy atom. The van der Waals surface area contributed by atoms with Crippen LogP contribution in [0.5, 0.6) is 0 Å². The van der Waals surface area contributed by atoms with Crippen molar-refractivity contribution in [2.24, 2.45) is 0 Å². The second-order valence-electron chi connectivity index (χ2n) is 6.11. The van der Waals surface area contributed by atoms with Crippen molar-refractivity contribution in [3.05, 3.63) is 52.8 Å². The lowest BCUT2D eigenvalue weighted by Crippen LogP contribution is -2.32. The molecule has 1 heterocycles. The number of carbonyl (C=O) groups is 3. The molecule has 0 radical (unpaired) electrons. The van der Waals surface area contributed by atoms with E-state index in [9.17, 15) is 18.8 Å². The molecule has 0 aromatic heterocycles. The van der Waals surface area contributed by atoms with Crippen LogP contribution in [0.3, 0.4) is 0 Å². The molecule has 2 aromatic rings. The molecule has 2 N–H and O–H groups in total. The first-order valence-corrected chi connectivity index (χ1v) is 9.56. The number of rotatable bonds is 5. The monoisotopic (exact) mass is 422 g/mol. The van der Waals surface area contributed by atoms with Crippen molar-refractivity contribution in [3.8, 4) is 0 Å². The molecule has 2 amide bonds. The number of halogens is 2. The van der Waals surface area contributed by atoms with Crippen LogP contribution in [0.25, 0.3) is 0 Å². The molecule has 9 heteroatoms. The van der Waals surface area contributed by atoms with Crippen LogP contribution < -0.4 is 10.6 Å². The molecule has 0 aliphatic carbocycles. The molecular weight excluding hydrogens is 407 g/mol. The number of ether oxygens (including phenoxy) is 1. The molecule has 1 aliphatic heterocycles. The summed E-state index contributed by atoms with van der Waals surface area (Å²) in [5.41, 5.74) is 1.31. The van der Waals surface area contributed by atoms with Crippen molar-refractivity contribution >= 4 is 52.5 Å². The summed E-state index contributed by atoms with van der Waals surface area (Å²) >= 11 is 7.13. The van der Waals surface area contributed by atoms with Crippen LogP contribution in [0.4, 0.5) is 15.8 Å². The van der Waals surface area contributed by atoms with E-state index in [0.29, 0.717) is 16.3 Å². The molecule has 2 aromatic carbocycles.